The van der Waals surface area contributed by atoms with Gasteiger partial charge in [0.15, 0.2) is 0 Å². The molecule has 0 heterocycles. The second kappa shape index (κ2) is 7.06. The molecule has 0 radical (unpaired) electrons. The van der Waals surface area contributed by atoms with E-state index in [1.807, 2.05) is 37.3 Å². The van der Waals surface area contributed by atoms with Crippen molar-refractivity contribution >= 4 is 9.84 Å². The van der Waals surface area contributed by atoms with E-state index in [0.29, 0.717) is 12.8 Å². The Hall–Kier alpha value is -0.870. The fraction of sp³-hybridized carbons (Fsp3) is 0.600. The maximum atomic E-state index is 11.5. The molecule has 19 heavy (non-hydrogen) atoms. The lowest BCUT2D eigenvalue weighted by Gasteiger charge is -2.31. The van der Waals surface area contributed by atoms with Gasteiger partial charge in [-0.3, -0.25) is 0 Å². The normalized spacial score (nSPS) is 15.1. The molecule has 1 aromatic rings. The molecule has 0 aromatic heterocycles. The summed E-state index contributed by atoms with van der Waals surface area (Å²) in [4.78, 5) is 0. The third-order valence-electron chi connectivity index (χ3n) is 3.92. The van der Waals surface area contributed by atoms with E-state index in [4.69, 9.17) is 0 Å². The minimum atomic E-state index is -2.92. The monoisotopic (exact) mass is 284 g/mol. The predicted molar refractivity (Wildman–Crippen MR) is 79.1 cm³/mol. The number of hydrogen-bond donors (Lipinski definition) is 1. The quantitative estimate of drug-likeness (QED) is 0.798. The van der Waals surface area contributed by atoms with Gasteiger partial charge in [0.05, 0.1) is 12.4 Å². The summed E-state index contributed by atoms with van der Waals surface area (Å²) < 4.78 is 23.1. The molecule has 0 saturated heterocycles. The minimum Gasteiger partial charge on any atom is -0.395 e. The van der Waals surface area contributed by atoms with Crippen LogP contribution in [0.15, 0.2) is 30.3 Å². The van der Waals surface area contributed by atoms with Gasteiger partial charge in [0.2, 0.25) is 0 Å². The van der Waals surface area contributed by atoms with Crippen molar-refractivity contribution in [3.05, 3.63) is 35.9 Å². The molecule has 3 nitrogen and oxygen atoms in total. The Morgan fingerprint density at radius 2 is 1.79 bits per heavy atom. The lowest BCUT2D eigenvalue weighted by Crippen LogP contribution is -2.30. The summed E-state index contributed by atoms with van der Waals surface area (Å²) in [6, 6.07) is 9.88. The van der Waals surface area contributed by atoms with Crippen molar-refractivity contribution in [3.8, 4) is 0 Å². The van der Waals surface area contributed by atoms with Crippen molar-refractivity contribution in [2.75, 3.05) is 18.1 Å². The van der Waals surface area contributed by atoms with Crippen molar-refractivity contribution < 1.29 is 13.5 Å². The summed E-state index contributed by atoms with van der Waals surface area (Å²) in [5, 5.41) is 9.77. The molecule has 0 bridgehead atoms. The number of hydrogen-bond acceptors (Lipinski definition) is 3. The van der Waals surface area contributed by atoms with Crippen LogP contribution >= 0.6 is 0 Å². The zero-order valence-corrected chi connectivity index (χ0v) is 12.6. The standard InChI is InChI=1S/C15H24O3S/c1-3-15(13-16,14-9-6-5-7-10-14)11-8-12-19(17,18)4-2/h5-7,9-10,16H,3-4,8,11-13H2,1-2H3. The molecule has 0 fully saturated rings. The van der Waals surface area contributed by atoms with Crippen molar-refractivity contribution in [2.45, 2.75) is 38.5 Å². The van der Waals surface area contributed by atoms with Gasteiger partial charge in [-0.25, -0.2) is 8.42 Å². The fourth-order valence-electron chi connectivity index (χ4n) is 2.37. The van der Waals surface area contributed by atoms with Gasteiger partial charge in [0.1, 0.15) is 9.84 Å². The van der Waals surface area contributed by atoms with Gasteiger partial charge >= 0.3 is 0 Å². The predicted octanol–water partition coefficient (Wildman–Crippen LogP) is 2.54. The molecular weight excluding hydrogens is 260 g/mol. The van der Waals surface area contributed by atoms with Gasteiger partial charge in [-0.1, -0.05) is 44.2 Å². The molecule has 0 spiro atoms. The molecule has 1 unspecified atom stereocenters. The smallest absolute Gasteiger partial charge is 0.150 e. The first-order valence-electron chi connectivity index (χ1n) is 6.86. The summed E-state index contributed by atoms with van der Waals surface area (Å²) >= 11 is 0. The molecule has 4 heteroatoms. The third kappa shape index (κ3) is 4.32. The van der Waals surface area contributed by atoms with Crippen molar-refractivity contribution in [2.24, 2.45) is 0 Å². The summed E-state index contributed by atoms with van der Waals surface area (Å²) in [5.74, 6) is 0.397. The Morgan fingerprint density at radius 3 is 2.26 bits per heavy atom. The van der Waals surface area contributed by atoms with Gasteiger partial charge in [0, 0.05) is 11.2 Å². The van der Waals surface area contributed by atoms with Gasteiger partial charge in [0.25, 0.3) is 0 Å². The summed E-state index contributed by atoms with van der Waals surface area (Å²) in [6.45, 7) is 3.77. The highest BCUT2D eigenvalue weighted by Gasteiger charge is 2.29. The summed E-state index contributed by atoms with van der Waals surface area (Å²) in [5.41, 5.74) is 0.777. The second-order valence-corrected chi connectivity index (χ2v) is 7.47. The Balaban J connectivity index is 2.79. The van der Waals surface area contributed by atoms with Crippen LogP contribution in [0.4, 0.5) is 0 Å². The maximum absolute atomic E-state index is 11.5. The van der Waals surface area contributed by atoms with Crippen LogP contribution in [-0.2, 0) is 15.3 Å². The Kier molecular flexibility index (Phi) is 6.01. The van der Waals surface area contributed by atoms with Crippen LogP contribution in [0.3, 0.4) is 0 Å². The van der Waals surface area contributed by atoms with Gasteiger partial charge in [-0.15, -0.1) is 0 Å². The number of aliphatic hydroxyl groups excluding tert-OH is 1. The van der Waals surface area contributed by atoms with E-state index in [9.17, 15) is 13.5 Å². The van der Waals surface area contributed by atoms with E-state index in [1.165, 1.54) is 0 Å². The molecule has 1 N–H and O–H groups in total. The Bertz CT molecular complexity index is 461. The molecule has 1 aromatic carbocycles. The van der Waals surface area contributed by atoms with Crippen LogP contribution in [0, 0.1) is 0 Å². The van der Waals surface area contributed by atoms with Gasteiger partial charge < -0.3 is 5.11 Å². The summed E-state index contributed by atoms with van der Waals surface area (Å²) in [7, 11) is -2.92. The highest BCUT2D eigenvalue weighted by Crippen LogP contribution is 2.32. The molecule has 108 valence electrons. The van der Waals surface area contributed by atoms with Crippen LogP contribution < -0.4 is 0 Å². The van der Waals surface area contributed by atoms with Gasteiger partial charge in [-0.05, 0) is 24.8 Å². The van der Waals surface area contributed by atoms with Crippen LogP contribution in [0.2, 0.25) is 0 Å². The van der Waals surface area contributed by atoms with E-state index in [-0.39, 0.29) is 23.5 Å². The van der Waals surface area contributed by atoms with Crippen LogP contribution in [0.25, 0.3) is 0 Å². The van der Waals surface area contributed by atoms with Crippen molar-refractivity contribution in [1.29, 1.82) is 0 Å². The van der Waals surface area contributed by atoms with Gasteiger partial charge in [-0.2, -0.15) is 0 Å². The topological polar surface area (TPSA) is 54.4 Å². The molecule has 1 atom stereocenters. The van der Waals surface area contributed by atoms with Crippen LogP contribution in [-0.4, -0.2) is 31.6 Å². The molecule has 0 aliphatic carbocycles. The lowest BCUT2D eigenvalue weighted by molar-refractivity contribution is 0.177. The lowest BCUT2D eigenvalue weighted by atomic mass is 9.75. The minimum absolute atomic E-state index is 0.0552. The van der Waals surface area contributed by atoms with E-state index in [2.05, 4.69) is 0 Å². The zero-order chi connectivity index (χ0) is 14.4. The van der Waals surface area contributed by atoms with Crippen molar-refractivity contribution in [1.82, 2.24) is 0 Å². The number of rotatable bonds is 8. The Labute approximate surface area is 116 Å². The third-order valence-corrected chi connectivity index (χ3v) is 5.71. The average molecular weight is 284 g/mol. The highest BCUT2D eigenvalue weighted by atomic mass is 32.2. The molecule has 0 saturated carbocycles. The Morgan fingerprint density at radius 1 is 1.16 bits per heavy atom. The van der Waals surface area contributed by atoms with E-state index in [0.717, 1.165) is 12.0 Å². The van der Waals surface area contributed by atoms with Crippen molar-refractivity contribution in [3.63, 3.8) is 0 Å². The molecular formula is C15H24O3S. The number of aliphatic hydroxyl groups is 1. The first kappa shape index (κ1) is 16.2. The van der Waals surface area contributed by atoms with Crippen LogP contribution in [0.1, 0.15) is 38.7 Å². The largest absolute Gasteiger partial charge is 0.395 e. The highest BCUT2D eigenvalue weighted by molar-refractivity contribution is 7.91. The first-order chi connectivity index (χ1) is 8.99. The first-order valence-corrected chi connectivity index (χ1v) is 8.68. The van der Waals surface area contributed by atoms with E-state index in [1.54, 1.807) is 6.92 Å². The van der Waals surface area contributed by atoms with E-state index < -0.39 is 9.84 Å². The van der Waals surface area contributed by atoms with E-state index >= 15 is 0 Å². The summed E-state index contributed by atoms with van der Waals surface area (Å²) in [6.07, 6.45) is 2.10. The second-order valence-electron chi connectivity index (χ2n) is 5.00. The average Bonchev–Trinajstić information content (AvgIpc) is 2.45. The maximum Gasteiger partial charge on any atom is 0.150 e. The molecule has 1 rings (SSSR count). The number of sulfone groups is 1. The zero-order valence-electron chi connectivity index (χ0n) is 11.8. The number of benzene rings is 1. The molecule has 0 aliphatic rings. The van der Waals surface area contributed by atoms with Crippen LogP contribution in [0.5, 0.6) is 0 Å². The fourth-order valence-corrected chi connectivity index (χ4v) is 3.25. The molecule has 0 aliphatic heterocycles. The molecule has 0 amide bonds. The SMILES string of the molecule is CCC(CO)(CCCS(=O)(=O)CC)c1ccccc1.